The number of benzene rings is 2. The van der Waals surface area contributed by atoms with Gasteiger partial charge in [-0.05, 0) is 48.2 Å². The summed E-state index contributed by atoms with van der Waals surface area (Å²) in [5.74, 6) is 1.55. The number of para-hydroxylation sites is 1. The van der Waals surface area contributed by atoms with Crippen LogP contribution in [0.5, 0.6) is 11.5 Å². The highest BCUT2D eigenvalue weighted by Crippen LogP contribution is 2.31. The first-order chi connectivity index (χ1) is 15.0. The molecule has 162 valence electrons. The monoisotopic (exact) mass is 457 g/mol. The number of anilines is 1. The van der Waals surface area contributed by atoms with Crippen LogP contribution < -0.4 is 14.8 Å². The molecule has 0 aliphatic heterocycles. The van der Waals surface area contributed by atoms with E-state index in [9.17, 15) is 4.79 Å². The highest BCUT2D eigenvalue weighted by atomic mass is 35.5. The summed E-state index contributed by atoms with van der Waals surface area (Å²) in [4.78, 5) is 12.4. The Kier molecular flexibility index (Phi) is 8.03. The number of amides is 1. The van der Waals surface area contributed by atoms with Gasteiger partial charge in [0.15, 0.2) is 16.5 Å². The maximum atomic E-state index is 12.4. The molecule has 0 aliphatic carbocycles. The highest BCUT2D eigenvalue weighted by molar-refractivity contribution is 7.15. The first-order valence-corrected chi connectivity index (χ1v) is 11.0. The zero-order valence-corrected chi connectivity index (χ0v) is 19.2. The topological polar surface area (TPSA) is 73.3 Å². The van der Waals surface area contributed by atoms with Crippen molar-refractivity contribution in [1.82, 2.24) is 10.2 Å². The molecule has 0 atom stereocenters. The zero-order chi connectivity index (χ0) is 22.2. The molecule has 0 aliphatic rings. The molecule has 8 heteroatoms. The number of carbonyl (C=O) groups is 1. The number of hydrogen-bond acceptors (Lipinski definition) is 6. The van der Waals surface area contributed by atoms with Gasteiger partial charge < -0.3 is 14.8 Å². The Labute approximate surface area is 190 Å². The van der Waals surface area contributed by atoms with E-state index in [1.807, 2.05) is 36.4 Å². The molecule has 0 spiro atoms. The van der Waals surface area contributed by atoms with Crippen LogP contribution in [0.25, 0.3) is 11.1 Å². The van der Waals surface area contributed by atoms with Gasteiger partial charge in [-0.2, -0.15) is 0 Å². The number of ether oxygens (including phenoxy) is 2. The fourth-order valence-corrected chi connectivity index (χ4v) is 3.55. The molecule has 2 aromatic carbocycles. The quantitative estimate of drug-likeness (QED) is 0.429. The minimum Gasteiger partial charge on any atom is -0.493 e. The minimum atomic E-state index is -0.330. The fourth-order valence-electron chi connectivity index (χ4n) is 2.62. The zero-order valence-electron chi connectivity index (χ0n) is 17.6. The molecule has 0 unspecified atom stereocenters. The van der Waals surface area contributed by atoms with Crippen LogP contribution in [-0.4, -0.2) is 29.8 Å². The molecular weight excluding hydrogens is 434 g/mol. The average Bonchev–Trinajstić information content (AvgIpc) is 3.26. The molecule has 0 fully saturated rings. The predicted octanol–water partition coefficient (Wildman–Crippen LogP) is 5.96. The molecule has 1 aromatic heterocycles. The third kappa shape index (κ3) is 6.54. The Morgan fingerprint density at radius 1 is 1.13 bits per heavy atom. The van der Waals surface area contributed by atoms with E-state index < -0.39 is 0 Å². The summed E-state index contributed by atoms with van der Waals surface area (Å²) >= 11 is 7.56. The highest BCUT2D eigenvalue weighted by Gasteiger charge is 2.15. The van der Waals surface area contributed by atoms with Gasteiger partial charge in [-0.25, -0.2) is 0 Å². The van der Waals surface area contributed by atoms with Crippen LogP contribution in [0, 0.1) is 5.92 Å². The largest absolute Gasteiger partial charge is 0.493 e. The first-order valence-electron chi connectivity index (χ1n) is 9.84. The first kappa shape index (κ1) is 22.8. The summed E-state index contributed by atoms with van der Waals surface area (Å²) in [6, 6.07) is 14.8. The summed E-state index contributed by atoms with van der Waals surface area (Å²) in [5.41, 5.74) is 1.51. The van der Waals surface area contributed by atoms with Gasteiger partial charge in [-0.15, -0.1) is 10.2 Å². The lowest BCUT2D eigenvalue weighted by atomic mass is 10.1. The fraction of sp³-hybridized carbons (Fsp3) is 0.261. The van der Waals surface area contributed by atoms with Gasteiger partial charge >= 0.3 is 0 Å². The summed E-state index contributed by atoms with van der Waals surface area (Å²) in [7, 11) is 1.60. The molecule has 1 N–H and O–H groups in total. The molecule has 0 saturated carbocycles. The van der Waals surface area contributed by atoms with Gasteiger partial charge in [0.05, 0.1) is 18.7 Å². The molecule has 1 amide bonds. The molecule has 3 aromatic rings. The van der Waals surface area contributed by atoms with E-state index in [4.69, 9.17) is 21.1 Å². The predicted molar refractivity (Wildman–Crippen MR) is 126 cm³/mol. The van der Waals surface area contributed by atoms with Crippen LogP contribution in [0.3, 0.4) is 0 Å². The third-order valence-electron chi connectivity index (χ3n) is 4.29. The van der Waals surface area contributed by atoms with E-state index in [1.54, 1.807) is 25.3 Å². The van der Waals surface area contributed by atoms with Crippen molar-refractivity contribution >= 4 is 45.6 Å². The minimum absolute atomic E-state index is 0.233. The van der Waals surface area contributed by atoms with Gasteiger partial charge in [0.1, 0.15) is 0 Å². The molecular formula is C23H24ClN3O3S. The van der Waals surface area contributed by atoms with E-state index in [0.717, 1.165) is 23.3 Å². The maximum Gasteiger partial charge on any atom is 0.286 e. The second-order valence-electron chi connectivity index (χ2n) is 7.17. The lowest BCUT2D eigenvalue weighted by Gasteiger charge is -2.12. The van der Waals surface area contributed by atoms with E-state index in [2.05, 4.69) is 29.4 Å². The SMILES string of the molecule is COc1cc(/C=C(\Cl)c2nnc(C(=O)Nc3ccccc3)s2)ccc1OCCC(C)C. The van der Waals surface area contributed by atoms with Crippen LogP contribution in [0.1, 0.15) is 40.6 Å². The molecule has 0 saturated heterocycles. The number of aromatic nitrogens is 2. The number of hydrogen-bond donors (Lipinski definition) is 1. The molecule has 6 nitrogen and oxygen atoms in total. The van der Waals surface area contributed by atoms with E-state index >= 15 is 0 Å². The second-order valence-corrected chi connectivity index (χ2v) is 8.55. The summed E-state index contributed by atoms with van der Waals surface area (Å²) in [6.45, 7) is 4.93. The Balaban J connectivity index is 1.70. The van der Waals surface area contributed by atoms with E-state index in [1.165, 1.54) is 0 Å². The maximum absolute atomic E-state index is 12.4. The second kappa shape index (κ2) is 10.9. The van der Waals surface area contributed by atoms with Crippen LogP contribution in [0.2, 0.25) is 0 Å². The van der Waals surface area contributed by atoms with E-state index in [0.29, 0.717) is 39.8 Å². The van der Waals surface area contributed by atoms with Gasteiger partial charge in [-0.3, -0.25) is 4.79 Å². The Morgan fingerprint density at radius 3 is 2.58 bits per heavy atom. The van der Waals surface area contributed by atoms with Crippen molar-refractivity contribution in [3.63, 3.8) is 0 Å². The van der Waals surface area contributed by atoms with Crippen LogP contribution in [0.4, 0.5) is 5.69 Å². The summed E-state index contributed by atoms with van der Waals surface area (Å²) in [6.07, 6.45) is 2.72. The van der Waals surface area contributed by atoms with Crippen LogP contribution >= 0.6 is 22.9 Å². The van der Waals surface area contributed by atoms with Crippen molar-refractivity contribution in [2.45, 2.75) is 20.3 Å². The van der Waals surface area contributed by atoms with Gasteiger partial charge in [-0.1, -0.05) is 61.1 Å². The van der Waals surface area contributed by atoms with Crippen molar-refractivity contribution in [3.05, 3.63) is 64.1 Å². The smallest absolute Gasteiger partial charge is 0.286 e. The lowest BCUT2D eigenvalue weighted by Crippen LogP contribution is -2.11. The van der Waals surface area contributed by atoms with Gasteiger partial charge in [0.25, 0.3) is 5.91 Å². The van der Waals surface area contributed by atoms with Crippen molar-refractivity contribution in [2.24, 2.45) is 5.92 Å². The number of nitrogens with one attached hydrogen (secondary N) is 1. The Morgan fingerprint density at radius 2 is 1.87 bits per heavy atom. The normalized spacial score (nSPS) is 11.5. The number of rotatable bonds is 9. The van der Waals surface area contributed by atoms with Crippen LogP contribution in [0.15, 0.2) is 48.5 Å². The molecule has 0 bridgehead atoms. The number of nitrogens with zero attached hydrogens (tertiary/aromatic N) is 2. The van der Waals surface area contributed by atoms with Crippen LogP contribution in [-0.2, 0) is 0 Å². The van der Waals surface area contributed by atoms with Gasteiger partial charge in [0.2, 0.25) is 5.01 Å². The molecule has 1 heterocycles. The van der Waals surface area contributed by atoms with Crippen molar-refractivity contribution < 1.29 is 14.3 Å². The van der Waals surface area contributed by atoms with Gasteiger partial charge in [0, 0.05) is 5.69 Å². The molecule has 31 heavy (non-hydrogen) atoms. The number of halogens is 1. The molecule has 0 radical (unpaired) electrons. The Bertz CT molecular complexity index is 1050. The van der Waals surface area contributed by atoms with Crippen molar-refractivity contribution in [2.75, 3.05) is 19.0 Å². The van der Waals surface area contributed by atoms with Crippen molar-refractivity contribution in [3.8, 4) is 11.5 Å². The van der Waals surface area contributed by atoms with E-state index in [-0.39, 0.29) is 10.9 Å². The average molecular weight is 458 g/mol. The summed E-state index contributed by atoms with van der Waals surface area (Å²) in [5, 5.41) is 11.9. The summed E-state index contributed by atoms with van der Waals surface area (Å²) < 4.78 is 11.3. The van der Waals surface area contributed by atoms with Crippen molar-refractivity contribution in [1.29, 1.82) is 0 Å². The Hall–Kier alpha value is -2.90. The lowest BCUT2D eigenvalue weighted by molar-refractivity contribution is 0.102. The third-order valence-corrected chi connectivity index (χ3v) is 5.64. The standard InChI is InChI=1S/C23H24ClN3O3S/c1-15(2)11-12-30-19-10-9-16(14-20(19)29-3)13-18(24)22-26-27-23(31-22)21(28)25-17-7-5-4-6-8-17/h4-10,13-15H,11-12H2,1-3H3,(H,25,28)/b18-13-. The number of methoxy groups -OCH3 is 1. The molecule has 3 rings (SSSR count). The number of carbonyl (C=O) groups excluding carboxylic acids is 1.